The molecule has 10 nitrogen and oxygen atoms in total. The lowest BCUT2D eigenvalue weighted by Crippen LogP contribution is -2.30. The monoisotopic (exact) mass is 473 g/mol. The van der Waals surface area contributed by atoms with Crippen LogP contribution >= 0.6 is 0 Å². The number of halogens is 3. The van der Waals surface area contributed by atoms with Crippen molar-refractivity contribution in [2.24, 2.45) is 7.05 Å². The van der Waals surface area contributed by atoms with Crippen molar-refractivity contribution in [3.8, 4) is 0 Å². The topological polar surface area (TPSA) is 117 Å². The number of benzene rings is 1. The Bertz CT molecular complexity index is 1490. The van der Waals surface area contributed by atoms with Gasteiger partial charge in [0.05, 0.1) is 24.8 Å². The molecule has 0 saturated carbocycles. The number of carbonyl (C=O) groups excluding carboxylic acids is 1. The third-order valence-corrected chi connectivity index (χ3v) is 5.03. The van der Waals surface area contributed by atoms with Gasteiger partial charge >= 0.3 is 6.18 Å². The van der Waals surface area contributed by atoms with Gasteiger partial charge in [0.2, 0.25) is 0 Å². The summed E-state index contributed by atoms with van der Waals surface area (Å²) in [6.45, 7) is 0.264. The molecule has 34 heavy (non-hydrogen) atoms. The summed E-state index contributed by atoms with van der Waals surface area (Å²) in [4.78, 5) is 40.6. The minimum Gasteiger partial charge on any atom is -0.349 e. The number of rotatable bonds is 6. The molecule has 0 aliphatic carbocycles. The van der Waals surface area contributed by atoms with E-state index in [0.29, 0.717) is 5.56 Å². The van der Waals surface area contributed by atoms with Crippen LogP contribution in [0.3, 0.4) is 0 Å². The van der Waals surface area contributed by atoms with Gasteiger partial charge < -0.3 is 5.32 Å². The fourth-order valence-electron chi connectivity index (χ4n) is 3.31. The van der Waals surface area contributed by atoms with E-state index in [0.717, 1.165) is 16.8 Å². The van der Waals surface area contributed by atoms with Crippen LogP contribution < -0.4 is 16.4 Å². The summed E-state index contributed by atoms with van der Waals surface area (Å²) in [5, 5.41) is 10.8. The van der Waals surface area contributed by atoms with E-state index in [4.69, 9.17) is 0 Å². The maximum Gasteiger partial charge on any atom is 0.416 e. The quantitative estimate of drug-likeness (QED) is 0.450. The van der Waals surface area contributed by atoms with Crippen LogP contribution in [0.15, 0.2) is 58.5 Å². The maximum atomic E-state index is 12.9. The van der Waals surface area contributed by atoms with Crippen LogP contribution in [0, 0.1) is 0 Å². The van der Waals surface area contributed by atoms with Gasteiger partial charge in [0.15, 0.2) is 5.65 Å². The van der Waals surface area contributed by atoms with Crippen molar-refractivity contribution in [1.29, 1.82) is 0 Å². The molecule has 3 heterocycles. The summed E-state index contributed by atoms with van der Waals surface area (Å²) in [5.41, 5.74) is -0.936. The highest BCUT2D eigenvalue weighted by Gasteiger charge is 2.30. The Balaban J connectivity index is 1.47. The predicted octanol–water partition coefficient (Wildman–Crippen LogP) is 1.18. The molecule has 4 rings (SSSR count). The number of alkyl halides is 3. The normalized spacial score (nSPS) is 11.6. The van der Waals surface area contributed by atoms with Crippen LogP contribution in [0.2, 0.25) is 0 Å². The SMILES string of the molecule is Cn1nc(C(=O)NCCn2ncc3c(=O)n(Cc4cccc(C(F)(F)F)c4)cnc32)ccc1=O. The van der Waals surface area contributed by atoms with Gasteiger partial charge in [-0.3, -0.25) is 19.0 Å². The molecular formula is C21H18F3N7O3. The third kappa shape index (κ3) is 4.72. The van der Waals surface area contributed by atoms with Crippen LogP contribution in [0.25, 0.3) is 11.0 Å². The Morgan fingerprint density at radius 3 is 2.68 bits per heavy atom. The number of hydrogen-bond acceptors (Lipinski definition) is 6. The van der Waals surface area contributed by atoms with Crippen molar-refractivity contribution < 1.29 is 18.0 Å². The first-order valence-corrected chi connectivity index (χ1v) is 10.0. The summed E-state index contributed by atoms with van der Waals surface area (Å²) < 4.78 is 42.5. The standard InChI is InChI=1S/C21H18F3N7O3/c1-29-17(32)6-5-16(28-29)19(33)25-7-8-31-18-15(10-27-31)20(34)30(12-26-18)11-13-3-2-4-14(9-13)21(22,23)24/h2-6,9-10,12H,7-8,11H2,1H3,(H,25,33). The number of nitrogens with zero attached hydrogens (tertiary/aromatic N) is 6. The predicted molar refractivity (Wildman–Crippen MR) is 114 cm³/mol. The molecule has 13 heteroatoms. The van der Waals surface area contributed by atoms with Gasteiger partial charge in [-0.2, -0.15) is 23.4 Å². The minimum absolute atomic E-state index is 0.0722. The molecule has 0 radical (unpaired) electrons. The molecule has 176 valence electrons. The van der Waals surface area contributed by atoms with Crippen LogP contribution in [0.4, 0.5) is 13.2 Å². The van der Waals surface area contributed by atoms with Gasteiger partial charge in [-0.25, -0.2) is 14.3 Å². The van der Waals surface area contributed by atoms with Crippen molar-refractivity contribution >= 4 is 16.9 Å². The van der Waals surface area contributed by atoms with E-state index in [1.54, 1.807) is 0 Å². The number of aryl methyl sites for hydroxylation is 1. The summed E-state index contributed by atoms with van der Waals surface area (Å²) in [6, 6.07) is 7.28. The highest BCUT2D eigenvalue weighted by Crippen LogP contribution is 2.29. The highest BCUT2D eigenvalue weighted by atomic mass is 19.4. The first-order valence-electron chi connectivity index (χ1n) is 10.0. The summed E-state index contributed by atoms with van der Waals surface area (Å²) in [6.07, 6.45) is -1.91. The average molecular weight is 473 g/mol. The zero-order chi connectivity index (χ0) is 24.5. The van der Waals surface area contributed by atoms with Crippen molar-refractivity contribution in [3.05, 3.63) is 86.5 Å². The Morgan fingerprint density at radius 1 is 1.15 bits per heavy atom. The molecule has 0 spiro atoms. The second kappa shape index (κ2) is 8.92. The van der Waals surface area contributed by atoms with E-state index in [-0.39, 0.29) is 41.9 Å². The molecule has 0 fully saturated rings. The molecule has 0 saturated heterocycles. The van der Waals surface area contributed by atoms with Gasteiger partial charge in [0.25, 0.3) is 17.0 Å². The largest absolute Gasteiger partial charge is 0.416 e. The van der Waals surface area contributed by atoms with E-state index in [1.807, 2.05) is 0 Å². The van der Waals surface area contributed by atoms with Gasteiger partial charge in [-0.05, 0) is 23.8 Å². The lowest BCUT2D eigenvalue weighted by Gasteiger charge is -2.10. The van der Waals surface area contributed by atoms with E-state index in [1.165, 1.54) is 53.1 Å². The number of hydrogen-bond donors (Lipinski definition) is 1. The second-order valence-electron chi connectivity index (χ2n) is 7.42. The summed E-state index contributed by atoms with van der Waals surface area (Å²) in [7, 11) is 1.43. The third-order valence-electron chi connectivity index (χ3n) is 5.03. The fourth-order valence-corrected chi connectivity index (χ4v) is 3.31. The molecular weight excluding hydrogens is 455 g/mol. The molecule has 0 aliphatic rings. The molecule has 1 amide bonds. The molecule has 3 aromatic heterocycles. The highest BCUT2D eigenvalue weighted by molar-refractivity contribution is 5.91. The first kappa shape index (κ1) is 22.9. The number of nitrogens with one attached hydrogen (secondary N) is 1. The van der Waals surface area contributed by atoms with Gasteiger partial charge in [-0.15, -0.1) is 0 Å². The molecule has 0 atom stereocenters. The van der Waals surface area contributed by atoms with Crippen molar-refractivity contribution in [1.82, 2.24) is 34.4 Å². The Morgan fingerprint density at radius 2 is 1.94 bits per heavy atom. The van der Waals surface area contributed by atoms with Crippen molar-refractivity contribution in [2.75, 3.05) is 6.54 Å². The van der Waals surface area contributed by atoms with E-state index in [2.05, 4.69) is 20.5 Å². The van der Waals surface area contributed by atoms with Crippen molar-refractivity contribution in [3.63, 3.8) is 0 Å². The lowest BCUT2D eigenvalue weighted by atomic mass is 10.1. The van der Waals surface area contributed by atoms with Gasteiger partial charge in [-0.1, -0.05) is 12.1 Å². The van der Waals surface area contributed by atoms with Crippen LogP contribution in [0.1, 0.15) is 21.6 Å². The molecule has 0 bridgehead atoms. The van der Waals surface area contributed by atoms with Crippen LogP contribution in [-0.2, 0) is 26.3 Å². The molecule has 0 aliphatic heterocycles. The van der Waals surface area contributed by atoms with Crippen LogP contribution in [0.5, 0.6) is 0 Å². The van der Waals surface area contributed by atoms with Gasteiger partial charge in [0.1, 0.15) is 17.4 Å². The second-order valence-corrected chi connectivity index (χ2v) is 7.42. The summed E-state index contributed by atoms with van der Waals surface area (Å²) >= 11 is 0. The van der Waals surface area contributed by atoms with E-state index < -0.39 is 23.2 Å². The molecule has 1 aromatic carbocycles. The zero-order valence-corrected chi connectivity index (χ0v) is 17.8. The Hall–Kier alpha value is -4.29. The lowest BCUT2D eigenvalue weighted by molar-refractivity contribution is -0.137. The minimum atomic E-state index is -4.48. The molecule has 0 unspecified atom stereocenters. The fraction of sp³-hybridized carbons (Fsp3) is 0.238. The number of aromatic nitrogens is 6. The van der Waals surface area contributed by atoms with Gasteiger partial charge in [0, 0.05) is 19.7 Å². The smallest absolute Gasteiger partial charge is 0.349 e. The van der Waals surface area contributed by atoms with Crippen molar-refractivity contribution in [2.45, 2.75) is 19.3 Å². The first-order chi connectivity index (χ1) is 16.1. The Labute approximate surface area is 189 Å². The van der Waals surface area contributed by atoms with E-state index >= 15 is 0 Å². The molecule has 1 N–H and O–H groups in total. The molecule has 4 aromatic rings. The zero-order valence-electron chi connectivity index (χ0n) is 17.8. The van der Waals surface area contributed by atoms with E-state index in [9.17, 15) is 27.6 Å². The summed E-state index contributed by atoms with van der Waals surface area (Å²) in [5.74, 6) is -0.483. The number of carbonyl (C=O) groups is 1. The number of fused-ring (bicyclic) bond motifs is 1. The maximum absolute atomic E-state index is 12.9. The number of amides is 1. The Kier molecular flexibility index (Phi) is 6.01. The van der Waals surface area contributed by atoms with Crippen LogP contribution in [-0.4, -0.2) is 41.6 Å². The average Bonchev–Trinajstić information content (AvgIpc) is 3.21.